The standard InChI is InChI=1S/C27H25N3O3/c1-2-3-13-25-28-30(19-20-9-5-4-6-10-20)27(33)29(25)18-21-14-16-22(17-15-21)23-11-7-8-12-24(23)26(31)32/h2-12,14-17H,13,18-19H2,1H3,(H,31,32). The van der Waals surface area contributed by atoms with Crippen molar-refractivity contribution in [2.45, 2.75) is 26.4 Å². The van der Waals surface area contributed by atoms with Crippen LogP contribution in [0.15, 0.2) is 95.8 Å². The Labute approximate surface area is 192 Å². The van der Waals surface area contributed by atoms with Crippen molar-refractivity contribution in [2.75, 3.05) is 0 Å². The van der Waals surface area contributed by atoms with E-state index < -0.39 is 5.97 Å². The molecule has 0 aliphatic carbocycles. The third-order valence-corrected chi connectivity index (χ3v) is 5.47. The highest BCUT2D eigenvalue weighted by molar-refractivity contribution is 5.95. The van der Waals surface area contributed by atoms with Gasteiger partial charge in [0.15, 0.2) is 0 Å². The lowest BCUT2D eigenvalue weighted by Crippen LogP contribution is -2.26. The summed E-state index contributed by atoms with van der Waals surface area (Å²) >= 11 is 0. The first kappa shape index (κ1) is 22.0. The fourth-order valence-electron chi connectivity index (χ4n) is 3.77. The third-order valence-electron chi connectivity index (χ3n) is 5.47. The number of allylic oxidation sites excluding steroid dienone is 2. The van der Waals surface area contributed by atoms with Crippen molar-refractivity contribution < 1.29 is 9.90 Å². The maximum Gasteiger partial charge on any atom is 0.346 e. The molecule has 0 bridgehead atoms. The Morgan fingerprint density at radius 1 is 0.909 bits per heavy atom. The molecule has 0 saturated carbocycles. The minimum Gasteiger partial charge on any atom is -0.478 e. The average Bonchev–Trinajstić information content (AvgIpc) is 3.13. The molecule has 4 aromatic rings. The lowest BCUT2D eigenvalue weighted by Gasteiger charge is -2.08. The van der Waals surface area contributed by atoms with Crippen LogP contribution in [0.25, 0.3) is 11.1 Å². The van der Waals surface area contributed by atoms with Gasteiger partial charge in [0, 0.05) is 6.42 Å². The number of aromatic carboxylic acids is 1. The number of carboxylic acids is 1. The highest BCUT2D eigenvalue weighted by Gasteiger charge is 2.14. The molecule has 0 fully saturated rings. The largest absolute Gasteiger partial charge is 0.478 e. The molecule has 1 aromatic heterocycles. The van der Waals surface area contributed by atoms with Crippen molar-refractivity contribution in [1.82, 2.24) is 14.3 Å². The van der Waals surface area contributed by atoms with Crippen LogP contribution in [0.4, 0.5) is 0 Å². The average molecular weight is 440 g/mol. The van der Waals surface area contributed by atoms with Gasteiger partial charge in [0.25, 0.3) is 0 Å². The highest BCUT2D eigenvalue weighted by Crippen LogP contribution is 2.24. The lowest BCUT2D eigenvalue weighted by atomic mass is 9.99. The van der Waals surface area contributed by atoms with E-state index in [1.165, 1.54) is 4.68 Å². The molecule has 0 atom stereocenters. The van der Waals surface area contributed by atoms with Gasteiger partial charge in [-0.1, -0.05) is 84.9 Å². The Morgan fingerprint density at radius 3 is 2.27 bits per heavy atom. The van der Waals surface area contributed by atoms with Crippen molar-refractivity contribution >= 4 is 5.97 Å². The van der Waals surface area contributed by atoms with Crippen molar-refractivity contribution in [3.8, 4) is 11.1 Å². The van der Waals surface area contributed by atoms with Crippen LogP contribution in [-0.4, -0.2) is 25.4 Å². The predicted molar refractivity (Wildman–Crippen MR) is 128 cm³/mol. The Morgan fingerprint density at radius 2 is 1.58 bits per heavy atom. The van der Waals surface area contributed by atoms with Crippen molar-refractivity contribution in [3.05, 3.63) is 124 Å². The van der Waals surface area contributed by atoms with Crippen LogP contribution < -0.4 is 5.69 Å². The summed E-state index contributed by atoms with van der Waals surface area (Å²) in [7, 11) is 0. The fraction of sp³-hybridized carbons (Fsp3) is 0.148. The number of rotatable bonds is 8. The van der Waals surface area contributed by atoms with Crippen LogP contribution >= 0.6 is 0 Å². The van der Waals surface area contributed by atoms with Crippen LogP contribution in [0.3, 0.4) is 0 Å². The van der Waals surface area contributed by atoms with Gasteiger partial charge in [-0.3, -0.25) is 4.57 Å². The molecule has 0 amide bonds. The smallest absolute Gasteiger partial charge is 0.346 e. The molecule has 33 heavy (non-hydrogen) atoms. The molecule has 0 aliphatic heterocycles. The normalized spacial score (nSPS) is 11.2. The number of hydrogen-bond acceptors (Lipinski definition) is 3. The van der Waals surface area contributed by atoms with Crippen LogP contribution in [0, 0.1) is 0 Å². The zero-order valence-corrected chi connectivity index (χ0v) is 18.4. The molecule has 0 unspecified atom stereocenters. The van der Waals surface area contributed by atoms with Gasteiger partial charge >= 0.3 is 11.7 Å². The first-order valence-corrected chi connectivity index (χ1v) is 10.8. The number of nitrogens with zero attached hydrogens (tertiary/aromatic N) is 3. The maximum atomic E-state index is 13.1. The van der Waals surface area contributed by atoms with Gasteiger partial charge in [0.1, 0.15) is 5.82 Å². The lowest BCUT2D eigenvalue weighted by molar-refractivity contribution is 0.0697. The summed E-state index contributed by atoms with van der Waals surface area (Å²) in [6.07, 6.45) is 4.49. The molecule has 3 aromatic carbocycles. The van der Waals surface area contributed by atoms with E-state index in [9.17, 15) is 14.7 Å². The number of carbonyl (C=O) groups is 1. The molecular weight excluding hydrogens is 414 g/mol. The van der Waals surface area contributed by atoms with E-state index in [1.54, 1.807) is 22.8 Å². The summed E-state index contributed by atoms with van der Waals surface area (Å²) in [5.74, 6) is -0.255. The minimum atomic E-state index is -0.958. The van der Waals surface area contributed by atoms with E-state index in [0.717, 1.165) is 16.7 Å². The number of hydrogen-bond donors (Lipinski definition) is 1. The molecule has 4 rings (SSSR count). The zero-order valence-electron chi connectivity index (χ0n) is 18.4. The van der Waals surface area contributed by atoms with Gasteiger partial charge in [-0.25, -0.2) is 14.3 Å². The summed E-state index contributed by atoms with van der Waals surface area (Å²) in [5.41, 5.74) is 3.55. The Kier molecular flexibility index (Phi) is 6.64. The second-order valence-corrected chi connectivity index (χ2v) is 7.75. The molecule has 6 nitrogen and oxygen atoms in total. The zero-order chi connectivity index (χ0) is 23.2. The van der Waals surface area contributed by atoms with Crippen molar-refractivity contribution in [2.24, 2.45) is 0 Å². The van der Waals surface area contributed by atoms with Gasteiger partial charge in [0.2, 0.25) is 0 Å². The van der Waals surface area contributed by atoms with Crippen molar-refractivity contribution in [3.63, 3.8) is 0 Å². The molecule has 0 spiro atoms. The summed E-state index contributed by atoms with van der Waals surface area (Å²) in [5, 5.41) is 14.0. The minimum absolute atomic E-state index is 0.154. The van der Waals surface area contributed by atoms with Crippen LogP contribution in [0.2, 0.25) is 0 Å². The molecule has 0 saturated heterocycles. The van der Waals surface area contributed by atoms with Gasteiger partial charge in [0.05, 0.1) is 18.7 Å². The molecule has 0 aliphatic rings. The summed E-state index contributed by atoms with van der Waals surface area (Å²) in [6.45, 7) is 2.75. The van der Waals surface area contributed by atoms with Crippen LogP contribution in [-0.2, 0) is 19.5 Å². The van der Waals surface area contributed by atoms with Gasteiger partial charge in [-0.15, -0.1) is 0 Å². The van der Waals surface area contributed by atoms with Gasteiger partial charge < -0.3 is 5.11 Å². The maximum absolute atomic E-state index is 13.1. The van der Waals surface area contributed by atoms with Crippen molar-refractivity contribution in [1.29, 1.82) is 0 Å². The third kappa shape index (κ3) is 5.01. The second-order valence-electron chi connectivity index (χ2n) is 7.75. The Balaban J connectivity index is 1.63. The molecule has 1 heterocycles. The van der Waals surface area contributed by atoms with E-state index in [-0.39, 0.29) is 11.3 Å². The molecule has 166 valence electrons. The van der Waals surface area contributed by atoms with Crippen LogP contribution in [0.5, 0.6) is 0 Å². The predicted octanol–water partition coefficient (Wildman–Crippen LogP) is 4.63. The number of benzene rings is 3. The second kappa shape index (κ2) is 9.96. The van der Waals surface area contributed by atoms with Gasteiger partial charge in [-0.05, 0) is 35.2 Å². The van der Waals surface area contributed by atoms with Gasteiger partial charge in [-0.2, -0.15) is 5.10 Å². The quantitative estimate of drug-likeness (QED) is 0.406. The Bertz CT molecular complexity index is 1330. The van der Waals surface area contributed by atoms with E-state index in [1.807, 2.05) is 79.7 Å². The summed E-state index contributed by atoms with van der Waals surface area (Å²) in [6, 6.07) is 24.4. The number of aromatic nitrogens is 3. The Hall–Kier alpha value is -4.19. The summed E-state index contributed by atoms with van der Waals surface area (Å²) < 4.78 is 3.20. The number of carboxylic acid groups (broad SMARTS) is 1. The highest BCUT2D eigenvalue weighted by atomic mass is 16.4. The fourth-order valence-corrected chi connectivity index (χ4v) is 3.77. The molecule has 1 N–H and O–H groups in total. The van der Waals surface area contributed by atoms with E-state index in [4.69, 9.17) is 0 Å². The summed E-state index contributed by atoms with van der Waals surface area (Å²) in [4.78, 5) is 24.7. The van der Waals surface area contributed by atoms with E-state index >= 15 is 0 Å². The molecule has 0 radical (unpaired) electrons. The SMILES string of the molecule is CC=CCc1nn(Cc2ccccc2)c(=O)n1Cc1ccc(-c2ccccc2C(=O)O)cc1. The van der Waals surface area contributed by atoms with E-state index in [0.29, 0.717) is 30.9 Å². The molecular formula is C27H25N3O3. The first-order chi connectivity index (χ1) is 16.1. The first-order valence-electron chi connectivity index (χ1n) is 10.8. The monoisotopic (exact) mass is 439 g/mol. The topological polar surface area (TPSA) is 77.1 Å². The van der Waals surface area contributed by atoms with Crippen LogP contribution in [0.1, 0.15) is 34.2 Å². The molecule has 6 heteroatoms. The van der Waals surface area contributed by atoms with E-state index in [2.05, 4.69) is 5.10 Å².